The first kappa shape index (κ1) is 23.3. The van der Waals surface area contributed by atoms with E-state index in [1.54, 1.807) is 30.3 Å². The summed E-state index contributed by atoms with van der Waals surface area (Å²) in [6, 6.07) is 23.2. The van der Waals surface area contributed by atoms with E-state index in [1.807, 2.05) is 30.2 Å². The number of carboxylic acid groups (broad SMARTS) is 1. The molecule has 0 bridgehead atoms. The minimum absolute atomic E-state index is 0.0121. The summed E-state index contributed by atoms with van der Waals surface area (Å²) in [6.07, 6.45) is 2.37. The third-order valence-corrected chi connectivity index (χ3v) is 5.47. The van der Waals surface area contributed by atoms with Gasteiger partial charge in [-0.25, -0.2) is 9.59 Å². The van der Waals surface area contributed by atoms with Crippen molar-refractivity contribution < 1.29 is 24.2 Å². The average molecular weight is 466 g/mol. The summed E-state index contributed by atoms with van der Waals surface area (Å²) >= 11 is 0. The number of carboxylic acids is 1. The van der Waals surface area contributed by atoms with Crippen molar-refractivity contribution in [1.29, 1.82) is 0 Å². The van der Waals surface area contributed by atoms with Gasteiger partial charge in [0.1, 0.15) is 6.61 Å². The number of benzene rings is 3. The lowest BCUT2D eigenvalue weighted by molar-refractivity contribution is -0.130. The Labute approximate surface area is 202 Å². The molecule has 0 saturated heterocycles. The number of fused-ring (bicyclic) bond motifs is 3. The van der Waals surface area contributed by atoms with E-state index < -0.39 is 18.0 Å². The molecule has 174 valence electrons. The van der Waals surface area contributed by atoms with Gasteiger partial charge in [-0.15, -0.1) is 0 Å². The van der Waals surface area contributed by atoms with Gasteiger partial charge in [-0.1, -0.05) is 66.6 Å². The topological polar surface area (TPSA) is 105 Å². The maximum Gasteiger partial charge on any atom is 0.411 e. The van der Waals surface area contributed by atoms with Gasteiger partial charge in [-0.3, -0.25) is 10.1 Å². The summed E-state index contributed by atoms with van der Waals surface area (Å²) in [5, 5.41) is 13.6. The third kappa shape index (κ3) is 5.95. The number of carbonyl (C=O) groups is 3. The number of rotatable bonds is 6. The molecule has 0 fully saturated rings. The molecule has 3 N–H and O–H groups in total. The van der Waals surface area contributed by atoms with Crippen LogP contribution in [0.15, 0.2) is 78.9 Å². The van der Waals surface area contributed by atoms with Crippen molar-refractivity contribution >= 4 is 29.7 Å². The number of carbonyl (C=O) groups excluding carboxylic acids is 2. The molecule has 0 aliphatic heterocycles. The van der Waals surface area contributed by atoms with Crippen LogP contribution in [0.5, 0.6) is 0 Å². The average Bonchev–Trinajstić information content (AvgIpc) is 3.18. The van der Waals surface area contributed by atoms with Gasteiger partial charge in [-0.2, -0.15) is 0 Å². The highest BCUT2D eigenvalue weighted by Gasteiger charge is 2.28. The Hall–Kier alpha value is -4.83. The second-order valence-corrected chi connectivity index (χ2v) is 7.73. The van der Waals surface area contributed by atoms with E-state index >= 15 is 0 Å². The molecular formula is C28H22N2O5. The van der Waals surface area contributed by atoms with Crippen LogP contribution in [-0.2, 0) is 14.3 Å². The highest BCUT2D eigenvalue weighted by molar-refractivity contribution is 5.92. The van der Waals surface area contributed by atoms with E-state index in [0.29, 0.717) is 5.69 Å². The van der Waals surface area contributed by atoms with Gasteiger partial charge in [0.15, 0.2) is 0 Å². The summed E-state index contributed by atoms with van der Waals surface area (Å²) in [6.45, 7) is 0.172. The molecular weight excluding hydrogens is 444 g/mol. The molecule has 0 spiro atoms. The number of hydrogen-bond acceptors (Lipinski definition) is 4. The van der Waals surface area contributed by atoms with Crippen molar-refractivity contribution in [2.45, 2.75) is 5.92 Å². The molecule has 35 heavy (non-hydrogen) atoms. The summed E-state index contributed by atoms with van der Waals surface area (Å²) in [7, 11) is 0. The molecule has 7 nitrogen and oxygen atoms in total. The van der Waals surface area contributed by atoms with Gasteiger partial charge in [0, 0.05) is 23.6 Å². The van der Waals surface area contributed by atoms with Gasteiger partial charge >= 0.3 is 12.1 Å². The summed E-state index contributed by atoms with van der Waals surface area (Å²) in [5.74, 6) is 2.56. The summed E-state index contributed by atoms with van der Waals surface area (Å²) in [5.41, 5.74) is 5.94. The molecule has 1 aliphatic rings. The van der Waals surface area contributed by atoms with Gasteiger partial charge in [0.05, 0.1) is 6.54 Å². The van der Waals surface area contributed by atoms with Crippen LogP contribution < -0.4 is 10.6 Å². The molecule has 3 aromatic carbocycles. The summed E-state index contributed by atoms with van der Waals surface area (Å²) < 4.78 is 5.55. The zero-order chi connectivity index (χ0) is 24.6. The second kappa shape index (κ2) is 10.9. The first-order chi connectivity index (χ1) is 17.0. The van der Waals surface area contributed by atoms with E-state index in [9.17, 15) is 14.4 Å². The third-order valence-electron chi connectivity index (χ3n) is 5.47. The van der Waals surface area contributed by atoms with E-state index in [4.69, 9.17) is 9.84 Å². The lowest BCUT2D eigenvalue weighted by Gasteiger charge is -2.14. The van der Waals surface area contributed by atoms with Crippen molar-refractivity contribution in [3.8, 4) is 23.0 Å². The Morgan fingerprint density at radius 3 is 2.17 bits per heavy atom. The smallest absolute Gasteiger partial charge is 0.411 e. The lowest BCUT2D eigenvalue weighted by atomic mass is 9.98. The lowest BCUT2D eigenvalue weighted by Crippen LogP contribution is -2.21. The SMILES string of the molecule is O=C(O)C#CCNC(=O)/C=C/c1ccc(NC(=O)OCC2c3ccccc3-c3ccccc32)cc1. The molecule has 4 rings (SSSR count). The van der Waals surface area contributed by atoms with Crippen LogP contribution in [0.3, 0.4) is 0 Å². The fraction of sp³-hybridized carbons (Fsp3) is 0.107. The van der Waals surface area contributed by atoms with Crippen LogP contribution in [0, 0.1) is 11.8 Å². The van der Waals surface area contributed by atoms with E-state index in [2.05, 4.69) is 40.8 Å². The fourth-order valence-electron chi connectivity index (χ4n) is 3.91. The normalized spacial score (nSPS) is 11.7. The highest BCUT2D eigenvalue weighted by Crippen LogP contribution is 2.44. The Morgan fingerprint density at radius 1 is 0.914 bits per heavy atom. The maximum absolute atomic E-state index is 12.4. The van der Waals surface area contributed by atoms with Crippen LogP contribution in [-0.4, -0.2) is 36.2 Å². The van der Waals surface area contributed by atoms with Crippen molar-refractivity contribution in [3.05, 3.63) is 95.6 Å². The van der Waals surface area contributed by atoms with Crippen molar-refractivity contribution in [3.63, 3.8) is 0 Å². The minimum atomic E-state index is -1.25. The van der Waals surface area contributed by atoms with Crippen molar-refractivity contribution in [2.75, 3.05) is 18.5 Å². The Balaban J connectivity index is 1.29. The largest absolute Gasteiger partial charge is 0.472 e. The Morgan fingerprint density at radius 2 is 1.54 bits per heavy atom. The van der Waals surface area contributed by atoms with Crippen LogP contribution in [0.25, 0.3) is 17.2 Å². The van der Waals surface area contributed by atoms with Gasteiger partial charge < -0.3 is 15.2 Å². The van der Waals surface area contributed by atoms with Gasteiger partial charge in [-0.05, 0) is 46.0 Å². The fourth-order valence-corrected chi connectivity index (χ4v) is 3.91. The Bertz CT molecular complexity index is 1300. The number of anilines is 1. The molecule has 0 aromatic heterocycles. The second-order valence-electron chi connectivity index (χ2n) is 7.73. The van der Waals surface area contributed by atoms with E-state index in [0.717, 1.165) is 16.7 Å². The summed E-state index contributed by atoms with van der Waals surface area (Å²) in [4.78, 5) is 34.4. The van der Waals surface area contributed by atoms with Crippen molar-refractivity contribution in [2.24, 2.45) is 0 Å². The van der Waals surface area contributed by atoms with E-state index in [-0.39, 0.29) is 19.1 Å². The predicted octanol–water partition coefficient (Wildman–Crippen LogP) is 4.27. The number of amides is 2. The number of aliphatic carboxylic acids is 1. The molecule has 7 heteroatoms. The number of nitrogens with one attached hydrogen (secondary N) is 2. The molecule has 0 unspecified atom stereocenters. The molecule has 2 amide bonds. The first-order valence-electron chi connectivity index (χ1n) is 10.9. The van der Waals surface area contributed by atoms with E-state index in [1.165, 1.54) is 17.2 Å². The number of hydrogen-bond donors (Lipinski definition) is 3. The quantitative estimate of drug-likeness (QED) is 0.372. The molecule has 1 aliphatic carbocycles. The number of ether oxygens (including phenoxy) is 1. The first-order valence-corrected chi connectivity index (χ1v) is 10.9. The standard InChI is InChI=1S/C28H22N2O5/c31-26(29-17-5-10-27(32)33)16-13-19-11-14-20(15-12-19)30-28(34)35-18-25-23-8-3-1-6-21(23)22-7-2-4-9-24(22)25/h1-4,6-9,11-16,25H,17-18H2,(H,29,31)(H,30,34)(H,32,33)/b16-13+. The molecule has 3 aromatic rings. The van der Waals surface area contributed by atoms with Crippen LogP contribution >= 0.6 is 0 Å². The van der Waals surface area contributed by atoms with Crippen LogP contribution in [0.2, 0.25) is 0 Å². The van der Waals surface area contributed by atoms with Crippen LogP contribution in [0.1, 0.15) is 22.6 Å². The van der Waals surface area contributed by atoms with Gasteiger partial charge in [0.2, 0.25) is 5.91 Å². The maximum atomic E-state index is 12.4. The van der Waals surface area contributed by atoms with Gasteiger partial charge in [0.25, 0.3) is 0 Å². The van der Waals surface area contributed by atoms with Crippen LogP contribution in [0.4, 0.5) is 10.5 Å². The van der Waals surface area contributed by atoms with Crippen molar-refractivity contribution in [1.82, 2.24) is 5.32 Å². The zero-order valence-corrected chi connectivity index (χ0v) is 18.7. The Kier molecular flexibility index (Phi) is 7.24. The monoisotopic (exact) mass is 466 g/mol. The minimum Gasteiger partial charge on any atom is -0.472 e. The highest BCUT2D eigenvalue weighted by atomic mass is 16.5. The molecule has 0 atom stereocenters. The zero-order valence-electron chi connectivity index (χ0n) is 18.7. The predicted molar refractivity (Wildman–Crippen MR) is 133 cm³/mol. The molecule has 0 heterocycles. The molecule has 0 saturated carbocycles. The molecule has 0 radical (unpaired) electrons.